The SMILES string of the molecule is NC(=O)CCCCC1CCCCCCC1C(N)=O. The highest BCUT2D eigenvalue weighted by Crippen LogP contribution is 2.31. The Hall–Kier alpha value is -1.06. The van der Waals surface area contributed by atoms with E-state index in [1.54, 1.807) is 0 Å². The summed E-state index contributed by atoms with van der Waals surface area (Å²) >= 11 is 0. The molecule has 0 aromatic carbocycles. The Balaban J connectivity index is 2.40. The van der Waals surface area contributed by atoms with Crippen LogP contribution in [0.2, 0.25) is 0 Å². The van der Waals surface area contributed by atoms with Gasteiger partial charge in [-0.1, -0.05) is 32.1 Å². The molecule has 0 bridgehead atoms. The molecule has 0 aromatic heterocycles. The molecule has 0 radical (unpaired) electrons. The third kappa shape index (κ3) is 5.52. The number of hydrogen-bond acceptors (Lipinski definition) is 2. The van der Waals surface area contributed by atoms with E-state index in [1.165, 1.54) is 19.3 Å². The molecule has 0 aromatic rings. The summed E-state index contributed by atoms with van der Waals surface area (Å²) in [7, 11) is 0. The molecule has 18 heavy (non-hydrogen) atoms. The standard InChI is InChI=1S/C14H26N2O2/c15-13(17)10-6-5-8-11-7-3-1-2-4-9-12(11)14(16)18/h11-12H,1-10H2,(H2,15,17)(H2,16,18). The molecule has 0 spiro atoms. The van der Waals surface area contributed by atoms with Crippen molar-refractivity contribution in [3.05, 3.63) is 0 Å². The van der Waals surface area contributed by atoms with Crippen LogP contribution in [0.25, 0.3) is 0 Å². The largest absolute Gasteiger partial charge is 0.370 e. The van der Waals surface area contributed by atoms with Gasteiger partial charge in [0.25, 0.3) is 0 Å². The van der Waals surface area contributed by atoms with E-state index in [0.29, 0.717) is 12.3 Å². The van der Waals surface area contributed by atoms with Gasteiger partial charge in [-0.2, -0.15) is 0 Å². The predicted molar refractivity (Wildman–Crippen MR) is 71.5 cm³/mol. The lowest BCUT2D eigenvalue weighted by Gasteiger charge is -2.27. The average molecular weight is 254 g/mol. The van der Waals surface area contributed by atoms with Gasteiger partial charge in [0.2, 0.25) is 11.8 Å². The summed E-state index contributed by atoms with van der Waals surface area (Å²) in [5, 5.41) is 0. The molecular formula is C14H26N2O2. The maximum absolute atomic E-state index is 11.5. The first-order chi connectivity index (χ1) is 8.61. The fourth-order valence-electron chi connectivity index (χ4n) is 2.99. The van der Waals surface area contributed by atoms with Gasteiger partial charge in [0.05, 0.1) is 0 Å². The van der Waals surface area contributed by atoms with Crippen LogP contribution in [0.5, 0.6) is 0 Å². The Bertz CT molecular complexity index is 279. The van der Waals surface area contributed by atoms with E-state index in [0.717, 1.165) is 38.5 Å². The number of hydrogen-bond donors (Lipinski definition) is 2. The van der Waals surface area contributed by atoms with Gasteiger partial charge >= 0.3 is 0 Å². The minimum Gasteiger partial charge on any atom is -0.370 e. The molecule has 1 fully saturated rings. The molecule has 1 aliphatic carbocycles. The highest BCUT2D eigenvalue weighted by molar-refractivity contribution is 5.77. The molecule has 0 heterocycles. The number of unbranched alkanes of at least 4 members (excludes halogenated alkanes) is 1. The van der Waals surface area contributed by atoms with Gasteiger partial charge in [0.1, 0.15) is 0 Å². The molecule has 104 valence electrons. The van der Waals surface area contributed by atoms with Crippen molar-refractivity contribution < 1.29 is 9.59 Å². The van der Waals surface area contributed by atoms with E-state index in [2.05, 4.69) is 0 Å². The molecule has 2 atom stereocenters. The van der Waals surface area contributed by atoms with Gasteiger partial charge in [-0.3, -0.25) is 9.59 Å². The van der Waals surface area contributed by atoms with Crippen LogP contribution in [0.3, 0.4) is 0 Å². The van der Waals surface area contributed by atoms with Crippen LogP contribution in [0, 0.1) is 11.8 Å². The number of rotatable bonds is 6. The highest BCUT2D eigenvalue weighted by atomic mass is 16.1. The minimum atomic E-state index is -0.237. The zero-order chi connectivity index (χ0) is 13.4. The highest BCUT2D eigenvalue weighted by Gasteiger charge is 2.26. The zero-order valence-electron chi connectivity index (χ0n) is 11.2. The number of amides is 2. The Labute approximate surface area is 109 Å². The molecular weight excluding hydrogens is 228 g/mol. The van der Waals surface area contributed by atoms with Crippen LogP contribution in [0.4, 0.5) is 0 Å². The van der Waals surface area contributed by atoms with E-state index in [1.807, 2.05) is 0 Å². The second kappa shape index (κ2) is 8.11. The van der Waals surface area contributed by atoms with Crippen LogP contribution >= 0.6 is 0 Å². The predicted octanol–water partition coefficient (Wildman–Crippen LogP) is 2.10. The summed E-state index contributed by atoms with van der Waals surface area (Å²) < 4.78 is 0. The minimum absolute atomic E-state index is 0.0406. The first-order valence-electron chi connectivity index (χ1n) is 7.19. The summed E-state index contributed by atoms with van der Waals surface area (Å²) in [6.07, 6.45) is 10.1. The lowest BCUT2D eigenvalue weighted by atomic mass is 9.78. The third-order valence-corrected chi connectivity index (χ3v) is 4.02. The summed E-state index contributed by atoms with van der Waals surface area (Å²) in [5.41, 5.74) is 10.6. The lowest BCUT2D eigenvalue weighted by molar-refractivity contribution is -0.124. The van der Waals surface area contributed by atoms with Crippen molar-refractivity contribution in [2.45, 2.75) is 64.2 Å². The quantitative estimate of drug-likeness (QED) is 0.711. The topological polar surface area (TPSA) is 86.2 Å². The maximum atomic E-state index is 11.5. The Morgan fingerprint density at radius 3 is 2.22 bits per heavy atom. The molecule has 4 heteroatoms. The van der Waals surface area contributed by atoms with Crippen LogP contribution < -0.4 is 11.5 Å². The summed E-state index contributed by atoms with van der Waals surface area (Å²) in [5.74, 6) is 0.0745. The lowest BCUT2D eigenvalue weighted by Crippen LogP contribution is -2.31. The molecule has 4 N–H and O–H groups in total. The van der Waals surface area contributed by atoms with E-state index >= 15 is 0 Å². The fourth-order valence-corrected chi connectivity index (χ4v) is 2.99. The summed E-state index contributed by atoms with van der Waals surface area (Å²) in [4.78, 5) is 22.2. The van der Waals surface area contributed by atoms with E-state index < -0.39 is 0 Å². The van der Waals surface area contributed by atoms with Gasteiger partial charge in [0.15, 0.2) is 0 Å². The van der Waals surface area contributed by atoms with Crippen molar-refractivity contribution in [1.29, 1.82) is 0 Å². The number of primary amides is 2. The Morgan fingerprint density at radius 2 is 1.61 bits per heavy atom. The van der Waals surface area contributed by atoms with Gasteiger partial charge in [-0.15, -0.1) is 0 Å². The average Bonchev–Trinajstić information content (AvgIpc) is 2.25. The second-order valence-electron chi connectivity index (χ2n) is 5.47. The van der Waals surface area contributed by atoms with Crippen LogP contribution in [0.15, 0.2) is 0 Å². The second-order valence-corrected chi connectivity index (χ2v) is 5.47. The fraction of sp³-hybridized carbons (Fsp3) is 0.857. The molecule has 0 aliphatic heterocycles. The maximum Gasteiger partial charge on any atom is 0.220 e. The van der Waals surface area contributed by atoms with Crippen molar-refractivity contribution in [2.75, 3.05) is 0 Å². The first-order valence-corrected chi connectivity index (χ1v) is 7.19. The number of nitrogens with two attached hydrogens (primary N) is 2. The smallest absolute Gasteiger partial charge is 0.220 e. The molecule has 2 amide bonds. The van der Waals surface area contributed by atoms with Crippen LogP contribution in [-0.2, 0) is 9.59 Å². The van der Waals surface area contributed by atoms with E-state index in [9.17, 15) is 9.59 Å². The van der Waals surface area contributed by atoms with Crippen LogP contribution in [-0.4, -0.2) is 11.8 Å². The summed E-state index contributed by atoms with van der Waals surface area (Å²) in [6.45, 7) is 0. The van der Waals surface area contributed by atoms with Crippen molar-refractivity contribution >= 4 is 11.8 Å². The Kier molecular flexibility index (Phi) is 6.76. The molecule has 1 rings (SSSR count). The van der Waals surface area contributed by atoms with E-state index in [-0.39, 0.29) is 17.7 Å². The molecule has 1 saturated carbocycles. The van der Waals surface area contributed by atoms with Crippen molar-refractivity contribution in [2.24, 2.45) is 23.3 Å². The van der Waals surface area contributed by atoms with Crippen molar-refractivity contribution in [3.8, 4) is 0 Å². The van der Waals surface area contributed by atoms with Crippen molar-refractivity contribution in [3.63, 3.8) is 0 Å². The summed E-state index contributed by atoms with van der Waals surface area (Å²) in [6, 6.07) is 0. The normalized spacial score (nSPS) is 25.1. The van der Waals surface area contributed by atoms with Crippen LogP contribution in [0.1, 0.15) is 64.2 Å². The molecule has 0 saturated heterocycles. The zero-order valence-corrected chi connectivity index (χ0v) is 11.2. The molecule has 4 nitrogen and oxygen atoms in total. The van der Waals surface area contributed by atoms with Gasteiger partial charge in [-0.05, 0) is 31.6 Å². The molecule has 1 aliphatic rings. The van der Waals surface area contributed by atoms with E-state index in [4.69, 9.17) is 11.5 Å². The number of carbonyl (C=O) groups excluding carboxylic acids is 2. The van der Waals surface area contributed by atoms with Gasteiger partial charge in [-0.25, -0.2) is 0 Å². The van der Waals surface area contributed by atoms with Gasteiger partial charge < -0.3 is 11.5 Å². The Morgan fingerprint density at radius 1 is 0.944 bits per heavy atom. The first kappa shape index (κ1) is 15.0. The number of carbonyl (C=O) groups is 2. The third-order valence-electron chi connectivity index (χ3n) is 4.02. The van der Waals surface area contributed by atoms with Crippen molar-refractivity contribution in [1.82, 2.24) is 0 Å². The monoisotopic (exact) mass is 254 g/mol. The van der Waals surface area contributed by atoms with Gasteiger partial charge in [0, 0.05) is 12.3 Å². The molecule has 2 unspecified atom stereocenters.